The molecule has 2 aromatic rings. The van der Waals surface area contributed by atoms with Crippen LogP contribution < -0.4 is 9.47 Å². The smallest absolute Gasteiger partial charge is 0.131 e. The van der Waals surface area contributed by atoms with E-state index in [9.17, 15) is 4.39 Å². The van der Waals surface area contributed by atoms with Gasteiger partial charge in [0.1, 0.15) is 17.3 Å². The second-order valence-electron chi connectivity index (χ2n) is 4.99. The lowest BCUT2D eigenvalue weighted by molar-refractivity contribution is 0.242. The van der Waals surface area contributed by atoms with Gasteiger partial charge < -0.3 is 9.47 Å². The van der Waals surface area contributed by atoms with Crippen LogP contribution in [0.2, 0.25) is 0 Å². The molecule has 0 radical (unpaired) electrons. The Balaban J connectivity index is 2.21. The van der Waals surface area contributed by atoms with E-state index in [1.54, 1.807) is 12.1 Å². The first kappa shape index (κ1) is 15.8. The van der Waals surface area contributed by atoms with E-state index >= 15 is 0 Å². The van der Waals surface area contributed by atoms with Crippen LogP contribution in [0.5, 0.6) is 11.5 Å². The van der Waals surface area contributed by atoms with Gasteiger partial charge in [-0.2, -0.15) is 0 Å². The number of halogens is 2. The van der Waals surface area contributed by atoms with Crippen molar-refractivity contribution in [2.24, 2.45) is 0 Å². The molecule has 0 aliphatic heterocycles. The minimum atomic E-state index is -0.293. The summed E-state index contributed by atoms with van der Waals surface area (Å²) < 4.78 is 24.7. The fourth-order valence-corrected chi connectivity index (χ4v) is 2.68. The zero-order chi connectivity index (χ0) is 15.4. The summed E-state index contributed by atoms with van der Waals surface area (Å²) in [5, 5.41) is 0. The van der Waals surface area contributed by atoms with Crippen LogP contribution in [0.3, 0.4) is 0 Å². The zero-order valence-corrected chi connectivity index (χ0v) is 13.9. The van der Waals surface area contributed by atoms with Crippen molar-refractivity contribution in [1.29, 1.82) is 0 Å². The van der Waals surface area contributed by atoms with Crippen molar-refractivity contribution >= 4 is 15.9 Å². The van der Waals surface area contributed by atoms with Gasteiger partial charge in [-0.25, -0.2) is 4.39 Å². The van der Waals surface area contributed by atoms with Crippen molar-refractivity contribution in [2.75, 3.05) is 7.11 Å². The summed E-state index contributed by atoms with van der Waals surface area (Å²) in [5.74, 6) is 1.03. The van der Waals surface area contributed by atoms with Crippen LogP contribution in [0, 0.1) is 5.82 Å². The van der Waals surface area contributed by atoms with Crippen molar-refractivity contribution in [2.45, 2.75) is 24.8 Å². The average Bonchev–Trinajstić information content (AvgIpc) is 2.46. The lowest BCUT2D eigenvalue weighted by Crippen LogP contribution is -2.05. The molecule has 0 spiro atoms. The van der Waals surface area contributed by atoms with Gasteiger partial charge in [-0.05, 0) is 37.6 Å². The summed E-state index contributed by atoms with van der Waals surface area (Å²) in [4.78, 5) is -0.212. The largest absolute Gasteiger partial charge is 0.497 e. The molecule has 0 saturated heterocycles. The molecule has 1 unspecified atom stereocenters. The Bertz CT molecular complexity index is 596. The maximum Gasteiger partial charge on any atom is 0.131 e. The summed E-state index contributed by atoms with van der Waals surface area (Å²) in [6.07, 6.45) is 0.134. The van der Waals surface area contributed by atoms with Gasteiger partial charge >= 0.3 is 0 Å². The van der Waals surface area contributed by atoms with E-state index in [-0.39, 0.29) is 16.7 Å². The highest BCUT2D eigenvalue weighted by Gasteiger charge is 2.15. The molecule has 0 heterocycles. The first-order valence-corrected chi connectivity index (χ1v) is 7.67. The van der Waals surface area contributed by atoms with Crippen LogP contribution in [0.15, 0.2) is 42.5 Å². The number of hydrogen-bond donors (Lipinski definition) is 0. The van der Waals surface area contributed by atoms with Crippen molar-refractivity contribution in [1.82, 2.24) is 0 Å². The minimum Gasteiger partial charge on any atom is -0.497 e. The molecule has 0 amide bonds. The van der Waals surface area contributed by atoms with E-state index in [2.05, 4.69) is 15.9 Å². The monoisotopic (exact) mass is 352 g/mol. The number of benzene rings is 2. The number of ether oxygens (including phenoxy) is 2. The average molecular weight is 353 g/mol. The number of methoxy groups -OCH3 is 1. The van der Waals surface area contributed by atoms with Crippen molar-refractivity contribution < 1.29 is 13.9 Å². The van der Waals surface area contributed by atoms with Gasteiger partial charge in [-0.3, -0.25) is 0 Å². The minimum absolute atomic E-state index is 0.134. The number of hydrogen-bond acceptors (Lipinski definition) is 2. The first-order valence-electron chi connectivity index (χ1n) is 6.75. The van der Waals surface area contributed by atoms with Gasteiger partial charge in [-0.15, -0.1) is 0 Å². The number of alkyl halides is 1. The predicted molar refractivity (Wildman–Crippen MR) is 85.9 cm³/mol. The standard InChI is InChI=1S/C17H18BrFO2/c1-11(2)21-13-6-4-12(5-7-13)17(18)15-9-8-14(20-3)10-16(15)19/h4-11,17H,1-3H3. The molecule has 2 nitrogen and oxygen atoms in total. The molecule has 0 aromatic heterocycles. The molecule has 0 fully saturated rings. The van der Waals surface area contributed by atoms with Crippen LogP contribution in [0.4, 0.5) is 4.39 Å². The molecule has 2 aromatic carbocycles. The van der Waals surface area contributed by atoms with Crippen LogP contribution in [-0.4, -0.2) is 13.2 Å². The number of rotatable bonds is 5. The second kappa shape index (κ2) is 6.94. The lowest BCUT2D eigenvalue weighted by atomic mass is 10.0. The predicted octanol–water partition coefficient (Wildman–Crippen LogP) is 5.11. The van der Waals surface area contributed by atoms with Gasteiger partial charge in [-0.1, -0.05) is 34.1 Å². The molecule has 0 bridgehead atoms. The van der Waals surface area contributed by atoms with Crippen molar-refractivity contribution in [3.63, 3.8) is 0 Å². The molecular weight excluding hydrogens is 335 g/mol. The van der Waals surface area contributed by atoms with Gasteiger partial charge in [0.25, 0.3) is 0 Å². The molecule has 2 rings (SSSR count). The Kier molecular flexibility index (Phi) is 5.23. The fraction of sp³-hybridized carbons (Fsp3) is 0.294. The van der Waals surface area contributed by atoms with Crippen molar-refractivity contribution in [3.8, 4) is 11.5 Å². The summed E-state index contributed by atoms with van der Waals surface area (Å²) in [7, 11) is 1.52. The molecule has 112 valence electrons. The Morgan fingerprint density at radius 1 is 1.00 bits per heavy atom. The topological polar surface area (TPSA) is 18.5 Å². The summed E-state index contributed by atoms with van der Waals surface area (Å²) in [6, 6.07) is 12.5. The SMILES string of the molecule is COc1ccc(C(Br)c2ccc(OC(C)C)cc2)c(F)c1. The van der Waals surface area contributed by atoms with E-state index < -0.39 is 0 Å². The van der Waals surface area contributed by atoms with E-state index in [1.807, 2.05) is 38.1 Å². The Morgan fingerprint density at radius 2 is 1.62 bits per heavy atom. The third-order valence-corrected chi connectivity index (χ3v) is 4.05. The molecule has 4 heteroatoms. The maximum absolute atomic E-state index is 14.1. The summed E-state index contributed by atoms with van der Waals surface area (Å²) in [5.41, 5.74) is 1.54. The van der Waals surface area contributed by atoms with E-state index in [0.717, 1.165) is 11.3 Å². The fourth-order valence-electron chi connectivity index (χ4n) is 2.01. The normalized spacial score (nSPS) is 12.3. The molecular formula is C17H18BrFO2. The lowest BCUT2D eigenvalue weighted by Gasteiger charge is -2.14. The Hall–Kier alpha value is -1.55. The maximum atomic E-state index is 14.1. The Labute approximate surface area is 133 Å². The first-order chi connectivity index (χ1) is 10.0. The van der Waals surface area contributed by atoms with Gasteiger partial charge in [0.2, 0.25) is 0 Å². The van der Waals surface area contributed by atoms with Gasteiger partial charge in [0.05, 0.1) is 18.0 Å². The van der Waals surface area contributed by atoms with Crippen LogP contribution in [0.1, 0.15) is 29.8 Å². The molecule has 0 aliphatic carbocycles. The van der Waals surface area contributed by atoms with Gasteiger partial charge in [0, 0.05) is 11.6 Å². The molecule has 0 N–H and O–H groups in total. The van der Waals surface area contributed by atoms with Crippen LogP contribution in [-0.2, 0) is 0 Å². The van der Waals surface area contributed by atoms with Crippen LogP contribution in [0.25, 0.3) is 0 Å². The van der Waals surface area contributed by atoms with E-state index in [4.69, 9.17) is 9.47 Å². The summed E-state index contributed by atoms with van der Waals surface area (Å²) in [6.45, 7) is 3.96. The Morgan fingerprint density at radius 3 is 2.14 bits per heavy atom. The molecule has 1 atom stereocenters. The van der Waals surface area contributed by atoms with Crippen LogP contribution >= 0.6 is 15.9 Å². The van der Waals surface area contributed by atoms with Crippen molar-refractivity contribution in [3.05, 3.63) is 59.4 Å². The highest BCUT2D eigenvalue weighted by Crippen LogP contribution is 2.34. The van der Waals surface area contributed by atoms with E-state index in [1.165, 1.54) is 13.2 Å². The molecule has 21 heavy (non-hydrogen) atoms. The molecule has 0 saturated carbocycles. The third-order valence-electron chi connectivity index (χ3n) is 3.03. The highest BCUT2D eigenvalue weighted by molar-refractivity contribution is 9.09. The highest BCUT2D eigenvalue weighted by atomic mass is 79.9. The summed E-state index contributed by atoms with van der Waals surface area (Å²) >= 11 is 3.55. The second-order valence-corrected chi connectivity index (χ2v) is 5.90. The quantitative estimate of drug-likeness (QED) is 0.696. The molecule has 0 aliphatic rings. The third kappa shape index (κ3) is 3.97. The van der Waals surface area contributed by atoms with E-state index in [0.29, 0.717) is 11.3 Å². The zero-order valence-electron chi connectivity index (χ0n) is 12.3. The van der Waals surface area contributed by atoms with Gasteiger partial charge in [0.15, 0.2) is 0 Å².